The van der Waals surface area contributed by atoms with Gasteiger partial charge < -0.3 is 10.2 Å². The molecule has 2 aromatic carbocycles. The highest BCUT2D eigenvalue weighted by atomic mass is 19.4. The van der Waals surface area contributed by atoms with Crippen LogP contribution in [0.15, 0.2) is 55.1 Å². The van der Waals surface area contributed by atoms with Gasteiger partial charge in [0.25, 0.3) is 5.69 Å². The predicted molar refractivity (Wildman–Crippen MR) is 117 cm³/mol. The molecule has 1 N–H and O–H groups in total. The summed E-state index contributed by atoms with van der Waals surface area (Å²) in [6.45, 7) is 1.80. The molecule has 1 aliphatic rings. The molecule has 10 nitrogen and oxygen atoms in total. The molecule has 1 aliphatic heterocycles. The number of nitrogens with zero attached hydrogens (tertiary/aromatic N) is 6. The largest absolute Gasteiger partial charge is 0.416 e. The van der Waals surface area contributed by atoms with E-state index in [9.17, 15) is 28.1 Å². The standard InChI is InChI=1S/C21H20F3N7O3/c22-21(23,24)15-5-6-17(30-14-25-13-26-30)16(11-15)27-20(32)12-28-7-9-29(10-8-28)18-3-1-2-4-19(18)31(33)34/h1-6,11,13-14H,7-10,12H2,(H,27,32). The minimum atomic E-state index is -4.57. The van der Waals surface area contributed by atoms with Crippen LogP contribution in [0.3, 0.4) is 0 Å². The van der Waals surface area contributed by atoms with Crippen molar-refractivity contribution < 1.29 is 22.9 Å². The molecule has 0 saturated carbocycles. The molecule has 178 valence electrons. The van der Waals surface area contributed by atoms with Gasteiger partial charge >= 0.3 is 6.18 Å². The first kappa shape index (κ1) is 23.2. The second-order valence-corrected chi connectivity index (χ2v) is 7.63. The van der Waals surface area contributed by atoms with Crippen LogP contribution in [0.4, 0.5) is 30.2 Å². The Bertz CT molecular complexity index is 1180. The van der Waals surface area contributed by atoms with E-state index in [4.69, 9.17) is 0 Å². The summed E-state index contributed by atoms with van der Waals surface area (Å²) in [7, 11) is 0. The lowest BCUT2D eigenvalue weighted by Crippen LogP contribution is -2.48. The normalized spacial score (nSPS) is 14.7. The molecule has 1 saturated heterocycles. The van der Waals surface area contributed by atoms with E-state index in [-0.39, 0.29) is 23.6 Å². The van der Waals surface area contributed by atoms with Crippen LogP contribution < -0.4 is 10.2 Å². The van der Waals surface area contributed by atoms with Crippen molar-refractivity contribution in [3.8, 4) is 5.69 Å². The second kappa shape index (κ2) is 9.47. The number of nitro benzene ring substituents is 1. The summed E-state index contributed by atoms with van der Waals surface area (Å²) >= 11 is 0. The number of nitrogens with one attached hydrogen (secondary N) is 1. The molecule has 3 aromatic rings. The van der Waals surface area contributed by atoms with Crippen molar-refractivity contribution in [3.63, 3.8) is 0 Å². The van der Waals surface area contributed by atoms with E-state index in [2.05, 4.69) is 15.4 Å². The van der Waals surface area contributed by atoms with E-state index in [1.54, 1.807) is 18.2 Å². The number of piperazine rings is 1. The quantitative estimate of drug-likeness (QED) is 0.431. The van der Waals surface area contributed by atoms with Crippen molar-refractivity contribution >= 4 is 23.0 Å². The molecule has 1 amide bonds. The van der Waals surface area contributed by atoms with Gasteiger partial charge in [-0.25, -0.2) is 9.67 Å². The van der Waals surface area contributed by atoms with Crippen molar-refractivity contribution in [2.75, 3.05) is 42.9 Å². The molecule has 0 unspecified atom stereocenters. The molecule has 0 bridgehead atoms. The van der Waals surface area contributed by atoms with E-state index in [0.29, 0.717) is 31.9 Å². The molecule has 4 rings (SSSR count). The smallest absolute Gasteiger partial charge is 0.363 e. The molecule has 1 aromatic heterocycles. The number of carbonyl (C=O) groups excluding carboxylic acids is 1. The second-order valence-electron chi connectivity index (χ2n) is 7.63. The molecule has 0 spiro atoms. The molecule has 0 atom stereocenters. The van der Waals surface area contributed by atoms with Gasteiger partial charge in [-0.3, -0.25) is 19.8 Å². The number of benzene rings is 2. The number of para-hydroxylation sites is 2. The van der Waals surface area contributed by atoms with Gasteiger partial charge in [0.1, 0.15) is 18.3 Å². The number of hydrogen-bond acceptors (Lipinski definition) is 7. The first-order chi connectivity index (χ1) is 16.2. The van der Waals surface area contributed by atoms with Crippen LogP contribution in [-0.4, -0.2) is 63.2 Å². The minimum Gasteiger partial charge on any atom is -0.363 e. The zero-order valence-electron chi connectivity index (χ0n) is 17.8. The Labute approximate surface area is 191 Å². The third-order valence-electron chi connectivity index (χ3n) is 5.42. The average Bonchev–Trinajstić information content (AvgIpc) is 3.33. The number of alkyl halides is 3. The first-order valence-electron chi connectivity index (χ1n) is 10.3. The van der Waals surface area contributed by atoms with E-state index in [1.807, 2.05) is 9.80 Å². The van der Waals surface area contributed by atoms with Gasteiger partial charge in [0, 0.05) is 32.2 Å². The molecular weight excluding hydrogens is 455 g/mol. The summed E-state index contributed by atoms with van der Waals surface area (Å²) in [5.74, 6) is -0.486. The number of halogens is 3. The predicted octanol–water partition coefficient (Wildman–Crippen LogP) is 2.96. The van der Waals surface area contributed by atoms with Gasteiger partial charge in [-0.15, -0.1) is 0 Å². The van der Waals surface area contributed by atoms with Crippen LogP contribution in [0.2, 0.25) is 0 Å². The minimum absolute atomic E-state index is 0.0129. The fourth-order valence-corrected chi connectivity index (χ4v) is 3.77. The van der Waals surface area contributed by atoms with E-state index < -0.39 is 22.6 Å². The number of hydrogen-bond donors (Lipinski definition) is 1. The van der Waals surface area contributed by atoms with Crippen LogP contribution >= 0.6 is 0 Å². The lowest BCUT2D eigenvalue weighted by Gasteiger charge is -2.35. The fourth-order valence-electron chi connectivity index (χ4n) is 3.77. The third-order valence-corrected chi connectivity index (χ3v) is 5.42. The molecule has 13 heteroatoms. The summed E-state index contributed by atoms with van der Waals surface area (Å²) in [5, 5.41) is 17.8. The van der Waals surface area contributed by atoms with Gasteiger partial charge in [0.05, 0.1) is 28.4 Å². The summed E-state index contributed by atoms with van der Waals surface area (Å²) in [5.41, 5.74) is -0.161. The van der Waals surface area contributed by atoms with Gasteiger partial charge in [-0.2, -0.15) is 18.3 Å². The summed E-state index contributed by atoms with van der Waals surface area (Å²) in [4.78, 5) is 31.0. The first-order valence-corrected chi connectivity index (χ1v) is 10.3. The monoisotopic (exact) mass is 475 g/mol. The number of nitro groups is 1. The summed E-state index contributed by atoms with van der Waals surface area (Å²) < 4.78 is 40.9. The van der Waals surface area contributed by atoms with E-state index >= 15 is 0 Å². The Hall–Kier alpha value is -4.00. The maximum atomic E-state index is 13.2. The highest BCUT2D eigenvalue weighted by molar-refractivity contribution is 5.94. The molecule has 0 radical (unpaired) electrons. The van der Waals surface area contributed by atoms with Crippen LogP contribution in [0.1, 0.15) is 5.56 Å². The van der Waals surface area contributed by atoms with Crippen molar-refractivity contribution in [1.29, 1.82) is 0 Å². The molecule has 1 fully saturated rings. The molecule has 2 heterocycles. The lowest BCUT2D eigenvalue weighted by atomic mass is 10.1. The van der Waals surface area contributed by atoms with Crippen LogP contribution in [0, 0.1) is 10.1 Å². The van der Waals surface area contributed by atoms with Crippen LogP contribution in [-0.2, 0) is 11.0 Å². The highest BCUT2D eigenvalue weighted by Gasteiger charge is 2.31. The highest BCUT2D eigenvalue weighted by Crippen LogP contribution is 2.33. The Morgan fingerprint density at radius 1 is 1.09 bits per heavy atom. The zero-order chi connectivity index (χ0) is 24.3. The Kier molecular flexibility index (Phi) is 6.45. The Morgan fingerprint density at radius 2 is 1.82 bits per heavy atom. The number of anilines is 2. The number of aromatic nitrogens is 3. The maximum absolute atomic E-state index is 13.2. The van der Waals surface area contributed by atoms with Crippen molar-refractivity contribution in [2.24, 2.45) is 0 Å². The average molecular weight is 475 g/mol. The summed E-state index contributed by atoms with van der Waals surface area (Å²) in [6.07, 6.45) is -2.02. The Morgan fingerprint density at radius 3 is 2.47 bits per heavy atom. The fraction of sp³-hybridized carbons (Fsp3) is 0.286. The van der Waals surface area contributed by atoms with Crippen LogP contribution in [0.25, 0.3) is 5.69 Å². The molecular formula is C21H20F3N7O3. The topological polar surface area (TPSA) is 109 Å². The number of rotatable bonds is 6. The van der Waals surface area contributed by atoms with Crippen molar-refractivity contribution in [1.82, 2.24) is 19.7 Å². The maximum Gasteiger partial charge on any atom is 0.416 e. The third kappa shape index (κ3) is 5.14. The van der Waals surface area contributed by atoms with Gasteiger partial charge in [0.15, 0.2) is 0 Å². The van der Waals surface area contributed by atoms with Gasteiger partial charge in [-0.05, 0) is 24.3 Å². The molecule has 0 aliphatic carbocycles. The van der Waals surface area contributed by atoms with Crippen molar-refractivity contribution in [3.05, 3.63) is 70.8 Å². The van der Waals surface area contributed by atoms with Gasteiger partial charge in [-0.1, -0.05) is 12.1 Å². The van der Waals surface area contributed by atoms with Crippen LogP contribution in [0.5, 0.6) is 0 Å². The zero-order valence-corrected chi connectivity index (χ0v) is 17.8. The molecule has 34 heavy (non-hydrogen) atoms. The number of carbonyl (C=O) groups is 1. The number of amides is 1. The lowest BCUT2D eigenvalue weighted by molar-refractivity contribution is -0.384. The Balaban J connectivity index is 1.43. The summed E-state index contributed by atoms with van der Waals surface area (Å²) in [6, 6.07) is 9.44. The SMILES string of the molecule is O=C(CN1CCN(c2ccccc2[N+](=O)[O-])CC1)Nc1cc(C(F)(F)F)ccc1-n1cncn1. The van der Waals surface area contributed by atoms with Gasteiger partial charge in [0.2, 0.25) is 5.91 Å². The van der Waals surface area contributed by atoms with Crippen molar-refractivity contribution in [2.45, 2.75) is 6.18 Å². The van der Waals surface area contributed by atoms with E-state index in [0.717, 1.165) is 12.1 Å². The van der Waals surface area contributed by atoms with E-state index in [1.165, 1.54) is 29.5 Å².